The van der Waals surface area contributed by atoms with E-state index in [2.05, 4.69) is 10.3 Å². The van der Waals surface area contributed by atoms with Gasteiger partial charge in [0, 0.05) is 5.56 Å². The number of rotatable bonds is 6. The fraction of sp³-hybridized carbons (Fsp3) is 0.190. The van der Waals surface area contributed by atoms with Crippen LogP contribution in [0.25, 0.3) is 10.6 Å². The van der Waals surface area contributed by atoms with Crippen molar-refractivity contribution in [1.82, 2.24) is 10.3 Å². The molecule has 1 amide bonds. The number of amides is 1. The van der Waals surface area contributed by atoms with E-state index in [0.29, 0.717) is 21.1 Å². The zero-order chi connectivity index (χ0) is 20.1. The summed E-state index contributed by atoms with van der Waals surface area (Å²) in [6.45, 7) is 3.65. The van der Waals surface area contributed by atoms with Gasteiger partial charge in [-0.2, -0.15) is 0 Å². The van der Waals surface area contributed by atoms with Gasteiger partial charge in [0.05, 0.1) is 12.3 Å². The van der Waals surface area contributed by atoms with Gasteiger partial charge >= 0.3 is 5.97 Å². The predicted molar refractivity (Wildman–Crippen MR) is 106 cm³/mol. The van der Waals surface area contributed by atoms with Crippen LogP contribution in [0.4, 0.5) is 4.39 Å². The first-order valence-electron chi connectivity index (χ1n) is 8.75. The van der Waals surface area contributed by atoms with Crippen molar-refractivity contribution in [2.75, 3.05) is 6.61 Å². The van der Waals surface area contributed by atoms with Crippen molar-refractivity contribution in [3.05, 3.63) is 76.5 Å². The summed E-state index contributed by atoms with van der Waals surface area (Å²) in [5.41, 5.74) is 1.89. The van der Waals surface area contributed by atoms with Gasteiger partial charge in [-0.15, -0.1) is 11.3 Å². The number of carbonyl (C=O) groups is 2. The molecule has 7 heteroatoms. The highest BCUT2D eigenvalue weighted by Gasteiger charge is 2.26. The molecular weight excluding hydrogens is 379 g/mol. The summed E-state index contributed by atoms with van der Waals surface area (Å²) in [6.07, 6.45) is 0. The minimum absolute atomic E-state index is 0.215. The van der Waals surface area contributed by atoms with Crippen LogP contribution in [0.2, 0.25) is 0 Å². The number of nitrogens with zero attached hydrogens (tertiary/aromatic N) is 1. The van der Waals surface area contributed by atoms with Crippen molar-refractivity contribution in [1.29, 1.82) is 0 Å². The van der Waals surface area contributed by atoms with E-state index in [9.17, 15) is 14.0 Å². The summed E-state index contributed by atoms with van der Waals surface area (Å²) in [6, 6.07) is 13.9. The largest absolute Gasteiger partial charge is 0.464 e. The number of halogens is 1. The van der Waals surface area contributed by atoms with Gasteiger partial charge in [0.15, 0.2) is 6.04 Å². The van der Waals surface area contributed by atoms with Gasteiger partial charge in [0.2, 0.25) is 0 Å². The van der Waals surface area contributed by atoms with E-state index in [1.54, 1.807) is 50.2 Å². The average Bonchev–Trinajstić information content (AvgIpc) is 3.09. The second-order valence-corrected chi connectivity index (χ2v) is 7.01. The third-order valence-electron chi connectivity index (χ3n) is 4.02. The van der Waals surface area contributed by atoms with Crippen LogP contribution >= 0.6 is 11.3 Å². The molecule has 0 bridgehead atoms. The number of esters is 1. The number of hydrogen-bond acceptors (Lipinski definition) is 5. The van der Waals surface area contributed by atoms with Gasteiger partial charge < -0.3 is 10.1 Å². The number of aromatic nitrogens is 1. The summed E-state index contributed by atoms with van der Waals surface area (Å²) in [5.74, 6) is -1.27. The Hall–Kier alpha value is -3.06. The third-order valence-corrected chi connectivity index (χ3v) is 5.23. The van der Waals surface area contributed by atoms with Crippen molar-refractivity contribution < 1.29 is 18.7 Å². The number of benzene rings is 2. The highest BCUT2D eigenvalue weighted by Crippen LogP contribution is 2.28. The number of thiazole rings is 1. The van der Waals surface area contributed by atoms with Crippen molar-refractivity contribution in [2.45, 2.75) is 19.9 Å². The van der Waals surface area contributed by atoms with E-state index >= 15 is 0 Å². The maximum atomic E-state index is 13.1. The minimum atomic E-state index is -0.913. The molecular formula is C21H19FN2O3S. The first-order valence-corrected chi connectivity index (χ1v) is 9.57. The first-order chi connectivity index (χ1) is 13.5. The molecule has 5 nitrogen and oxygen atoms in total. The molecule has 0 saturated carbocycles. The molecule has 0 aliphatic rings. The molecule has 1 heterocycles. The van der Waals surface area contributed by atoms with Gasteiger partial charge in [0.1, 0.15) is 15.7 Å². The van der Waals surface area contributed by atoms with E-state index in [4.69, 9.17) is 4.74 Å². The van der Waals surface area contributed by atoms with Gasteiger partial charge in [-0.25, -0.2) is 14.2 Å². The molecule has 0 aliphatic carbocycles. The maximum Gasteiger partial charge on any atom is 0.333 e. The van der Waals surface area contributed by atoms with Crippen LogP contribution in [-0.2, 0) is 9.53 Å². The molecule has 0 radical (unpaired) electrons. The van der Waals surface area contributed by atoms with E-state index in [1.165, 1.54) is 23.5 Å². The zero-order valence-electron chi connectivity index (χ0n) is 15.4. The summed E-state index contributed by atoms with van der Waals surface area (Å²) in [5, 5.41) is 3.35. The Morgan fingerprint density at radius 1 is 1.14 bits per heavy atom. The lowest BCUT2D eigenvalue weighted by molar-refractivity contribution is -0.145. The van der Waals surface area contributed by atoms with Crippen molar-refractivity contribution in [2.24, 2.45) is 0 Å². The van der Waals surface area contributed by atoms with Crippen LogP contribution in [0.15, 0.2) is 54.6 Å². The van der Waals surface area contributed by atoms with Crippen LogP contribution in [0.5, 0.6) is 0 Å². The molecule has 0 aliphatic heterocycles. The van der Waals surface area contributed by atoms with Crippen molar-refractivity contribution in [3.8, 4) is 10.6 Å². The molecule has 1 N–H and O–H groups in total. The Labute approximate surface area is 166 Å². The number of carbonyl (C=O) groups excluding carboxylic acids is 2. The minimum Gasteiger partial charge on any atom is -0.464 e. The molecule has 0 fully saturated rings. The number of nitrogens with one attached hydrogen (secondary N) is 1. The van der Waals surface area contributed by atoms with Gasteiger partial charge in [-0.05, 0) is 43.7 Å². The molecule has 3 rings (SSSR count). The van der Waals surface area contributed by atoms with Crippen LogP contribution in [0, 0.1) is 12.7 Å². The van der Waals surface area contributed by atoms with E-state index in [1.807, 2.05) is 6.07 Å². The Morgan fingerprint density at radius 3 is 2.46 bits per heavy atom. The van der Waals surface area contributed by atoms with E-state index in [0.717, 1.165) is 5.56 Å². The van der Waals surface area contributed by atoms with Gasteiger partial charge in [0.25, 0.3) is 5.91 Å². The van der Waals surface area contributed by atoms with Crippen LogP contribution in [-0.4, -0.2) is 23.5 Å². The van der Waals surface area contributed by atoms with Crippen molar-refractivity contribution >= 4 is 23.2 Å². The normalized spacial score (nSPS) is 11.7. The monoisotopic (exact) mass is 398 g/mol. The maximum absolute atomic E-state index is 13.1. The lowest BCUT2D eigenvalue weighted by Crippen LogP contribution is -2.34. The number of ether oxygens (including phenoxy) is 1. The fourth-order valence-electron chi connectivity index (χ4n) is 2.67. The predicted octanol–water partition coefficient (Wildman–Crippen LogP) is 4.29. The summed E-state index contributed by atoms with van der Waals surface area (Å²) in [7, 11) is 0. The second-order valence-electron chi connectivity index (χ2n) is 6.01. The zero-order valence-corrected chi connectivity index (χ0v) is 16.3. The summed E-state index contributed by atoms with van der Waals surface area (Å²) in [4.78, 5) is 30.0. The summed E-state index contributed by atoms with van der Waals surface area (Å²) >= 11 is 1.19. The molecule has 0 spiro atoms. The topological polar surface area (TPSA) is 68.3 Å². The fourth-order valence-corrected chi connectivity index (χ4v) is 3.64. The number of aryl methyl sites for hydroxylation is 1. The quantitative estimate of drug-likeness (QED) is 0.629. The first kappa shape index (κ1) is 19.7. The molecule has 28 heavy (non-hydrogen) atoms. The molecule has 2 aromatic carbocycles. The van der Waals surface area contributed by atoms with Crippen LogP contribution in [0.3, 0.4) is 0 Å². The molecule has 1 aromatic heterocycles. The highest BCUT2D eigenvalue weighted by atomic mass is 32.1. The number of hydrogen-bond donors (Lipinski definition) is 1. The SMILES string of the molecule is CCOC(=O)C(NC(=O)c1sc(-c2ccc(F)cc2)nc1C)c1ccccc1. The lowest BCUT2D eigenvalue weighted by Gasteiger charge is -2.17. The Balaban J connectivity index is 1.86. The molecule has 1 atom stereocenters. The van der Waals surface area contributed by atoms with Gasteiger partial charge in [-0.3, -0.25) is 4.79 Å². The third kappa shape index (κ3) is 4.43. The standard InChI is InChI=1S/C21H19FN2O3S/c1-3-27-21(26)17(14-7-5-4-6-8-14)24-19(25)18-13(2)23-20(28-18)15-9-11-16(22)12-10-15/h4-12,17H,3H2,1-2H3,(H,24,25). The van der Waals surface area contributed by atoms with E-state index < -0.39 is 17.9 Å². The Morgan fingerprint density at radius 2 is 1.82 bits per heavy atom. The molecule has 144 valence electrons. The van der Waals surface area contributed by atoms with Crippen LogP contribution < -0.4 is 5.32 Å². The van der Waals surface area contributed by atoms with E-state index in [-0.39, 0.29) is 12.4 Å². The summed E-state index contributed by atoms with van der Waals surface area (Å²) < 4.78 is 18.2. The van der Waals surface area contributed by atoms with Crippen molar-refractivity contribution in [3.63, 3.8) is 0 Å². The van der Waals surface area contributed by atoms with Gasteiger partial charge in [-0.1, -0.05) is 30.3 Å². The molecule has 0 saturated heterocycles. The van der Waals surface area contributed by atoms with Crippen LogP contribution in [0.1, 0.15) is 33.9 Å². The molecule has 3 aromatic rings. The lowest BCUT2D eigenvalue weighted by atomic mass is 10.1. The highest BCUT2D eigenvalue weighted by molar-refractivity contribution is 7.17. The Kier molecular flexibility index (Phi) is 6.16. The molecule has 1 unspecified atom stereocenters. The Bertz CT molecular complexity index is 971. The smallest absolute Gasteiger partial charge is 0.333 e. The second kappa shape index (κ2) is 8.75. The average molecular weight is 398 g/mol.